The molecule has 0 aliphatic carbocycles. The second-order valence-electron chi connectivity index (χ2n) is 8.54. The van der Waals surface area contributed by atoms with Crippen LogP contribution in [0.5, 0.6) is 0 Å². The van der Waals surface area contributed by atoms with Gasteiger partial charge in [-0.1, -0.05) is 129 Å². The monoisotopic (exact) mass is 403 g/mol. The molecule has 29 heavy (non-hydrogen) atoms. The Kier molecular flexibility index (Phi) is 24.2. The maximum Gasteiger partial charge on any atom is 0.00417 e. The van der Waals surface area contributed by atoms with Crippen LogP contribution in [0, 0.1) is 0 Å². The number of allylic oxidation sites excluding steroid dienone is 3. The van der Waals surface area contributed by atoms with E-state index in [1.54, 1.807) is 0 Å². The van der Waals surface area contributed by atoms with Crippen molar-refractivity contribution >= 4 is 0 Å². The molecule has 0 aromatic carbocycles. The van der Waals surface area contributed by atoms with E-state index in [1.165, 1.54) is 116 Å². The lowest BCUT2D eigenvalue weighted by Crippen LogP contribution is -1.98. The lowest BCUT2D eigenvalue weighted by atomic mass is 10.1. The van der Waals surface area contributed by atoms with E-state index in [4.69, 9.17) is 0 Å². The van der Waals surface area contributed by atoms with Gasteiger partial charge in [-0.25, -0.2) is 0 Å². The molecule has 0 atom stereocenters. The fourth-order valence-corrected chi connectivity index (χ4v) is 3.56. The molecule has 0 bridgehead atoms. The Hall–Kier alpha value is -0.980. The molecule has 0 radical (unpaired) electrons. The van der Waals surface area contributed by atoms with Crippen LogP contribution in [-0.4, -0.2) is 4.90 Å². The van der Waals surface area contributed by atoms with Crippen molar-refractivity contribution in [1.82, 2.24) is 4.90 Å². The fourth-order valence-electron chi connectivity index (χ4n) is 3.56. The van der Waals surface area contributed by atoms with E-state index in [-0.39, 0.29) is 0 Å². The maximum atomic E-state index is 2.34. The number of nitrogens with zero attached hydrogens (tertiary/aromatic N) is 1. The highest BCUT2D eigenvalue weighted by Gasteiger charge is 1.93. The minimum absolute atomic E-state index is 1.09. The molecule has 0 unspecified atom stereocenters. The highest BCUT2D eigenvalue weighted by atomic mass is 15.1. The first-order valence-corrected chi connectivity index (χ1v) is 13.1. The summed E-state index contributed by atoms with van der Waals surface area (Å²) < 4.78 is 0. The average Bonchev–Trinajstić information content (AvgIpc) is 2.74. The molecule has 0 saturated heterocycles. The third kappa shape index (κ3) is 23.2. The normalized spacial score (nSPS) is 12.1. The molecule has 0 spiro atoms. The molecule has 0 rings (SSSR count). The molecule has 0 aromatic heterocycles. The quantitative estimate of drug-likeness (QED) is 0.162. The van der Waals surface area contributed by atoms with Gasteiger partial charge in [-0.05, 0) is 32.1 Å². The highest BCUT2D eigenvalue weighted by molar-refractivity contribution is 4.99. The van der Waals surface area contributed by atoms with E-state index < -0.39 is 0 Å². The van der Waals surface area contributed by atoms with E-state index in [2.05, 4.69) is 62.5 Å². The SMILES string of the molecule is CCC=CN(C=CCCCCCCCCCC)C=CCCCCCCCCCC. The van der Waals surface area contributed by atoms with Gasteiger partial charge < -0.3 is 4.90 Å². The van der Waals surface area contributed by atoms with E-state index in [9.17, 15) is 0 Å². The number of hydrogen-bond acceptors (Lipinski definition) is 1. The molecule has 0 saturated carbocycles. The summed E-state index contributed by atoms with van der Waals surface area (Å²) in [4.78, 5) is 2.24. The van der Waals surface area contributed by atoms with Crippen LogP contribution in [0.25, 0.3) is 0 Å². The lowest BCUT2D eigenvalue weighted by molar-refractivity contribution is 0.575. The summed E-state index contributed by atoms with van der Waals surface area (Å²) >= 11 is 0. The Balaban J connectivity index is 3.80. The van der Waals surface area contributed by atoms with Crippen molar-refractivity contribution in [1.29, 1.82) is 0 Å². The molecule has 0 amide bonds. The molecule has 0 aliphatic heterocycles. The van der Waals surface area contributed by atoms with Crippen LogP contribution in [0.4, 0.5) is 0 Å². The van der Waals surface area contributed by atoms with Gasteiger partial charge in [-0.3, -0.25) is 0 Å². The van der Waals surface area contributed by atoms with Gasteiger partial charge in [0.15, 0.2) is 0 Å². The standard InChI is InChI=1S/C28H53N/c1-4-7-10-12-14-16-18-20-22-24-27-29(26-9-6-3)28-25-23-21-19-17-15-13-11-8-5-2/h9,24-28H,4-8,10-23H2,1-3H3. The van der Waals surface area contributed by atoms with Crippen LogP contribution in [0.1, 0.15) is 143 Å². The second kappa shape index (κ2) is 25.1. The van der Waals surface area contributed by atoms with Crippen molar-refractivity contribution in [3.8, 4) is 0 Å². The van der Waals surface area contributed by atoms with Gasteiger partial charge >= 0.3 is 0 Å². The van der Waals surface area contributed by atoms with Crippen LogP contribution in [-0.2, 0) is 0 Å². The fraction of sp³-hybridized carbons (Fsp3) is 0.786. The summed E-state index contributed by atoms with van der Waals surface area (Å²) in [6.45, 7) is 6.77. The van der Waals surface area contributed by atoms with Crippen LogP contribution in [0.15, 0.2) is 36.8 Å². The number of rotatable bonds is 22. The molecule has 0 fully saturated rings. The zero-order chi connectivity index (χ0) is 21.3. The highest BCUT2D eigenvalue weighted by Crippen LogP contribution is 2.11. The van der Waals surface area contributed by atoms with Crippen molar-refractivity contribution in [3.63, 3.8) is 0 Å². The zero-order valence-corrected chi connectivity index (χ0v) is 20.3. The van der Waals surface area contributed by atoms with Gasteiger partial charge in [0.05, 0.1) is 0 Å². The topological polar surface area (TPSA) is 3.24 Å². The lowest BCUT2D eigenvalue weighted by Gasteiger charge is -2.09. The molecule has 1 nitrogen and oxygen atoms in total. The van der Waals surface area contributed by atoms with E-state index in [0.717, 1.165) is 6.42 Å². The number of hydrogen-bond donors (Lipinski definition) is 0. The maximum absolute atomic E-state index is 2.34. The minimum atomic E-state index is 1.09. The molecule has 0 heterocycles. The summed E-state index contributed by atoms with van der Waals surface area (Å²) in [6, 6.07) is 0. The zero-order valence-electron chi connectivity index (χ0n) is 20.3. The predicted molar refractivity (Wildman–Crippen MR) is 134 cm³/mol. The van der Waals surface area contributed by atoms with Gasteiger partial charge in [0.25, 0.3) is 0 Å². The molecule has 1 heteroatoms. The first kappa shape index (κ1) is 28.0. The summed E-state index contributed by atoms with van der Waals surface area (Å²) in [5.74, 6) is 0. The Labute approximate surface area is 184 Å². The summed E-state index contributed by atoms with van der Waals surface area (Å²) in [5.41, 5.74) is 0. The summed E-state index contributed by atoms with van der Waals surface area (Å²) in [6.07, 6.45) is 39.5. The first-order valence-electron chi connectivity index (χ1n) is 13.1. The van der Waals surface area contributed by atoms with Crippen LogP contribution in [0.3, 0.4) is 0 Å². The average molecular weight is 404 g/mol. The van der Waals surface area contributed by atoms with Gasteiger partial charge in [0.2, 0.25) is 0 Å². The second-order valence-corrected chi connectivity index (χ2v) is 8.54. The Morgan fingerprint density at radius 2 is 0.759 bits per heavy atom. The van der Waals surface area contributed by atoms with E-state index >= 15 is 0 Å². The Bertz CT molecular complexity index is 350. The van der Waals surface area contributed by atoms with Crippen molar-refractivity contribution < 1.29 is 0 Å². The molecular formula is C28H53N. The van der Waals surface area contributed by atoms with Crippen molar-refractivity contribution in [2.75, 3.05) is 0 Å². The van der Waals surface area contributed by atoms with Gasteiger partial charge in [0.1, 0.15) is 0 Å². The third-order valence-corrected chi connectivity index (χ3v) is 5.52. The summed E-state index contributed by atoms with van der Waals surface area (Å²) in [7, 11) is 0. The van der Waals surface area contributed by atoms with Gasteiger partial charge in [0, 0.05) is 18.6 Å². The van der Waals surface area contributed by atoms with E-state index in [0.29, 0.717) is 0 Å². The Morgan fingerprint density at radius 3 is 1.14 bits per heavy atom. The minimum Gasteiger partial charge on any atom is -0.332 e. The van der Waals surface area contributed by atoms with Gasteiger partial charge in [-0.15, -0.1) is 0 Å². The molecule has 170 valence electrons. The van der Waals surface area contributed by atoms with Crippen LogP contribution >= 0.6 is 0 Å². The van der Waals surface area contributed by atoms with Crippen molar-refractivity contribution in [2.24, 2.45) is 0 Å². The van der Waals surface area contributed by atoms with Crippen LogP contribution in [0.2, 0.25) is 0 Å². The van der Waals surface area contributed by atoms with Crippen molar-refractivity contribution in [3.05, 3.63) is 36.8 Å². The molecule has 0 aromatic rings. The third-order valence-electron chi connectivity index (χ3n) is 5.52. The molecular weight excluding hydrogens is 350 g/mol. The predicted octanol–water partition coefficient (Wildman–Crippen LogP) is 10.3. The van der Waals surface area contributed by atoms with Crippen molar-refractivity contribution in [2.45, 2.75) is 143 Å². The molecule has 0 N–H and O–H groups in total. The van der Waals surface area contributed by atoms with Crippen LogP contribution < -0.4 is 0 Å². The first-order chi connectivity index (χ1) is 14.3. The smallest absolute Gasteiger partial charge is 0.00417 e. The summed E-state index contributed by atoms with van der Waals surface area (Å²) in [5, 5.41) is 0. The van der Waals surface area contributed by atoms with Gasteiger partial charge in [-0.2, -0.15) is 0 Å². The largest absolute Gasteiger partial charge is 0.332 e. The molecule has 0 aliphatic rings. The van der Waals surface area contributed by atoms with E-state index in [1.807, 2.05) is 0 Å². The number of unbranched alkanes of at least 4 members (excludes halogenated alkanes) is 16. The Morgan fingerprint density at radius 1 is 0.414 bits per heavy atom.